The van der Waals surface area contributed by atoms with E-state index in [-0.39, 0.29) is 18.6 Å². The monoisotopic (exact) mass is 261 g/mol. The summed E-state index contributed by atoms with van der Waals surface area (Å²) in [5.41, 5.74) is 0.832. The highest BCUT2D eigenvalue weighted by molar-refractivity contribution is 5.79. The van der Waals surface area contributed by atoms with Crippen molar-refractivity contribution in [1.82, 2.24) is 5.32 Å². The van der Waals surface area contributed by atoms with Crippen molar-refractivity contribution >= 4 is 16.9 Å². The lowest BCUT2D eigenvalue weighted by molar-refractivity contribution is -0.122. The zero-order valence-electron chi connectivity index (χ0n) is 11.1. The second-order valence-electron chi connectivity index (χ2n) is 4.66. The minimum atomic E-state index is -0.144. The maximum atomic E-state index is 11.7. The third kappa shape index (κ3) is 3.58. The fraction of sp³-hybridized carbons (Fsp3) is 0.400. The number of nitrogens with one attached hydrogen (secondary N) is 1. The van der Waals surface area contributed by atoms with Crippen molar-refractivity contribution in [2.24, 2.45) is 0 Å². The number of furan rings is 1. The summed E-state index contributed by atoms with van der Waals surface area (Å²) in [4.78, 5) is 11.7. The second-order valence-corrected chi connectivity index (χ2v) is 4.66. The highest BCUT2D eigenvalue weighted by Gasteiger charge is 2.13. The smallest absolute Gasteiger partial charge is 0.220 e. The second kappa shape index (κ2) is 6.38. The lowest BCUT2D eigenvalue weighted by Crippen LogP contribution is -2.26. The van der Waals surface area contributed by atoms with E-state index in [1.165, 1.54) is 0 Å². The Morgan fingerprint density at radius 3 is 2.89 bits per heavy atom. The van der Waals surface area contributed by atoms with Crippen molar-refractivity contribution in [1.29, 1.82) is 0 Å². The lowest BCUT2D eigenvalue weighted by atomic mass is 10.2. The first-order valence-corrected chi connectivity index (χ1v) is 6.59. The number of carbonyl (C=O) groups excluding carboxylic acids is 1. The molecule has 19 heavy (non-hydrogen) atoms. The van der Waals surface area contributed by atoms with Crippen LogP contribution in [0.15, 0.2) is 34.7 Å². The normalized spacial score (nSPS) is 12.5. The molecule has 0 aliphatic carbocycles. The van der Waals surface area contributed by atoms with Crippen LogP contribution in [0, 0.1) is 0 Å². The number of amides is 1. The summed E-state index contributed by atoms with van der Waals surface area (Å²) >= 11 is 0. The number of carbonyl (C=O) groups is 1. The molecule has 4 nitrogen and oxygen atoms in total. The zero-order valence-corrected chi connectivity index (χ0v) is 11.1. The molecule has 1 unspecified atom stereocenters. The Balaban J connectivity index is 1.95. The van der Waals surface area contributed by atoms with Crippen LogP contribution >= 0.6 is 0 Å². The van der Waals surface area contributed by atoms with E-state index >= 15 is 0 Å². The number of fused-ring (bicyclic) bond motifs is 1. The number of aliphatic hydroxyl groups excluding tert-OH is 1. The van der Waals surface area contributed by atoms with Crippen LogP contribution in [0.25, 0.3) is 11.0 Å². The zero-order chi connectivity index (χ0) is 13.7. The Bertz CT molecular complexity index is 514. The number of benzene rings is 1. The van der Waals surface area contributed by atoms with Crippen LogP contribution in [0.2, 0.25) is 0 Å². The predicted octanol–water partition coefficient (Wildman–Crippen LogP) is 2.77. The van der Waals surface area contributed by atoms with E-state index in [0.29, 0.717) is 19.3 Å². The maximum absolute atomic E-state index is 11.7. The molecule has 0 aliphatic rings. The molecule has 2 aromatic rings. The third-order valence-electron chi connectivity index (χ3n) is 3.06. The van der Waals surface area contributed by atoms with Crippen LogP contribution in [0.4, 0.5) is 0 Å². The van der Waals surface area contributed by atoms with Gasteiger partial charge in [0.1, 0.15) is 11.3 Å². The fourth-order valence-corrected chi connectivity index (χ4v) is 2.00. The van der Waals surface area contributed by atoms with E-state index < -0.39 is 0 Å². The minimum Gasteiger partial charge on any atom is -0.459 e. The average Bonchev–Trinajstić information content (AvgIpc) is 2.83. The first kappa shape index (κ1) is 13.6. The Morgan fingerprint density at radius 1 is 1.37 bits per heavy atom. The SMILES string of the molecule is CC(NC(=O)CCCCO)c1cc2ccccc2o1. The number of aliphatic hydroxyl groups is 1. The van der Waals surface area contributed by atoms with Gasteiger partial charge in [-0.1, -0.05) is 18.2 Å². The van der Waals surface area contributed by atoms with Crippen molar-refractivity contribution in [3.8, 4) is 0 Å². The highest BCUT2D eigenvalue weighted by atomic mass is 16.3. The van der Waals surface area contributed by atoms with Gasteiger partial charge in [-0.05, 0) is 31.9 Å². The first-order chi connectivity index (χ1) is 9.20. The van der Waals surface area contributed by atoms with Gasteiger partial charge in [-0.15, -0.1) is 0 Å². The summed E-state index contributed by atoms with van der Waals surface area (Å²) in [5.74, 6) is 0.748. The van der Waals surface area contributed by atoms with Crippen molar-refractivity contribution in [2.45, 2.75) is 32.2 Å². The molecule has 2 N–H and O–H groups in total. The quantitative estimate of drug-likeness (QED) is 0.786. The van der Waals surface area contributed by atoms with E-state index in [1.54, 1.807) is 0 Å². The Kier molecular flexibility index (Phi) is 4.58. The molecule has 0 saturated carbocycles. The van der Waals surface area contributed by atoms with Crippen molar-refractivity contribution in [2.75, 3.05) is 6.61 Å². The molecule has 0 bridgehead atoms. The third-order valence-corrected chi connectivity index (χ3v) is 3.06. The number of para-hydroxylation sites is 1. The molecule has 0 spiro atoms. The lowest BCUT2D eigenvalue weighted by Gasteiger charge is -2.10. The number of rotatable bonds is 6. The molecular weight excluding hydrogens is 242 g/mol. The van der Waals surface area contributed by atoms with Crippen LogP contribution in [-0.2, 0) is 4.79 Å². The molecule has 4 heteroatoms. The summed E-state index contributed by atoms with van der Waals surface area (Å²) < 4.78 is 5.70. The average molecular weight is 261 g/mol. The molecular formula is C15H19NO3. The molecule has 0 radical (unpaired) electrons. The van der Waals surface area contributed by atoms with Gasteiger partial charge in [-0.3, -0.25) is 4.79 Å². The summed E-state index contributed by atoms with van der Waals surface area (Å²) in [6, 6.07) is 9.59. The van der Waals surface area contributed by atoms with E-state index in [2.05, 4.69) is 5.32 Å². The van der Waals surface area contributed by atoms with E-state index in [4.69, 9.17) is 9.52 Å². The first-order valence-electron chi connectivity index (χ1n) is 6.59. The fourth-order valence-electron chi connectivity index (χ4n) is 2.00. The maximum Gasteiger partial charge on any atom is 0.220 e. The Hall–Kier alpha value is -1.81. The van der Waals surface area contributed by atoms with E-state index in [9.17, 15) is 4.79 Å². The topological polar surface area (TPSA) is 62.5 Å². The summed E-state index contributed by atoms with van der Waals surface area (Å²) in [6.07, 6.45) is 1.80. The number of unbranched alkanes of at least 4 members (excludes halogenated alkanes) is 1. The van der Waals surface area contributed by atoms with Crippen LogP contribution in [0.3, 0.4) is 0 Å². The molecule has 1 atom stereocenters. The van der Waals surface area contributed by atoms with Gasteiger partial charge in [-0.2, -0.15) is 0 Å². The van der Waals surface area contributed by atoms with Crippen LogP contribution in [0.5, 0.6) is 0 Å². The van der Waals surface area contributed by atoms with Gasteiger partial charge >= 0.3 is 0 Å². The van der Waals surface area contributed by atoms with Gasteiger partial charge in [0, 0.05) is 18.4 Å². The van der Waals surface area contributed by atoms with Crippen molar-refractivity contribution < 1.29 is 14.3 Å². The van der Waals surface area contributed by atoms with Gasteiger partial charge in [0.2, 0.25) is 5.91 Å². The molecule has 0 saturated heterocycles. The summed E-state index contributed by atoms with van der Waals surface area (Å²) in [6.45, 7) is 2.04. The standard InChI is InChI=1S/C15H19NO3/c1-11(16-15(18)8-4-5-9-17)14-10-12-6-2-3-7-13(12)19-14/h2-3,6-7,10-11,17H,4-5,8-9H2,1H3,(H,16,18). The molecule has 1 heterocycles. The minimum absolute atomic E-state index is 0.0126. The van der Waals surface area contributed by atoms with Gasteiger partial charge in [0.25, 0.3) is 0 Å². The Labute approximate surface area is 112 Å². The molecule has 0 aliphatic heterocycles. The van der Waals surface area contributed by atoms with Gasteiger partial charge in [0.05, 0.1) is 6.04 Å². The number of hydrogen-bond donors (Lipinski definition) is 2. The van der Waals surface area contributed by atoms with Crippen molar-refractivity contribution in [3.05, 3.63) is 36.1 Å². The Morgan fingerprint density at radius 2 is 2.16 bits per heavy atom. The van der Waals surface area contributed by atoms with E-state index in [1.807, 2.05) is 37.3 Å². The van der Waals surface area contributed by atoms with Gasteiger partial charge in [-0.25, -0.2) is 0 Å². The molecule has 2 rings (SSSR count). The molecule has 1 aromatic carbocycles. The van der Waals surface area contributed by atoms with Gasteiger partial charge in [0.15, 0.2) is 0 Å². The highest BCUT2D eigenvalue weighted by Crippen LogP contribution is 2.23. The summed E-state index contributed by atoms with van der Waals surface area (Å²) in [7, 11) is 0. The largest absolute Gasteiger partial charge is 0.459 e. The van der Waals surface area contributed by atoms with Crippen LogP contribution in [-0.4, -0.2) is 17.6 Å². The number of hydrogen-bond acceptors (Lipinski definition) is 3. The molecule has 1 amide bonds. The molecule has 1 aromatic heterocycles. The van der Waals surface area contributed by atoms with Crippen LogP contribution < -0.4 is 5.32 Å². The van der Waals surface area contributed by atoms with Crippen molar-refractivity contribution in [3.63, 3.8) is 0 Å². The van der Waals surface area contributed by atoms with E-state index in [0.717, 1.165) is 16.7 Å². The summed E-state index contributed by atoms with van der Waals surface area (Å²) in [5, 5.41) is 12.6. The molecule has 0 fully saturated rings. The van der Waals surface area contributed by atoms with Gasteiger partial charge < -0.3 is 14.8 Å². The molecule has 102 valence electrons. The van der Waals surface area contributed by atoms with Crippen LogP contribution in [0.1, 0.15) is 38.0 Å². The predicted molar refractivity (Wildman–Crippen MR) is 73.7 cm³/mol.